The number of fused-ring (bicyclic) bond motifs is 2. The fourth-order valence-electron chi connectivity index (χ4n) is 4.14. The summed E-state index contributed by atoms with van der Waals surface area (Å²) < 4.78 is 45.8. The molecule has 156 valence electrons. The molecular formula is C21H21FN4O3S. The van der Waals surface area contributed by atoms with Gasteiger partial charge in [-0.25, -0.2) is 21.8 Å². The maximum atomic E-state index is 14.3. The highest BCUT2D eigenvalue weighted by Gasteiger charge is 2.25. The molecular weight excluding hydrogens is 407 g/mol. The highest BCUT2D eigenvalue weighted by molar-refractivity contribution is 7.89. The Labute approximate surface area is 173 Å². The summed E-state index contributed by atoms with van der Waals surface area (Å²) in [5.41, 5.74) is 2.98. The molecule has 9 heteroatoms. The Morgan fingerprint density at radius 3 is 2.83 bits per heavy atom. The second-order valence-corrected chi connectivity index (χ2v) is 9.51. The normalized spacial score (nSPS) is 17.8. The summed E-state index contributed by atoms with van der Waals surface area (Å²) in [6.07, 6.45) is 4.41. The highest BCUT2D eigenvalue weighted by Crippen LogP contribution is 2.36. The minimum Gasteiger partial charge on any atom is -0.377 e. The number of benzene rings is 1. The fourth-order valence-corrected chi connectivity index (χ4v) is 4.88. The van der Waals surface area contributed by atoms with Gasteiger partial charge in [0.1, 0.15) is 5.82 Å². The van der Waals surface area contributed by atoms with Crippen LogP contribution in [0.1, 0.15) is 6.92 Å². The quantitative estimate of drug-likeness (QED) is 0.541. The number of nitrogens with zero attached hydrogens (tertiary/aromatic N) is 3. The van der Waals surface area contributed by atoms with Gasteiger partial charge in [0, 0.05) is 46.8 Å². The van der Waals surface area contributed by atoms with Crippen molar-refractivity contribution in [3.8, 4) is 11.3 Å². The molecule has 7 nitrogen and oxygen atoms in total. The molecule has 0 aliphatic carbocycles. The van der Waals surface area contributed by atoms with Gasteiger partial charge in [-0.2, -0.15) is 0 Å². The Hall–Kier alpha value is -2.91. The van der Waals surface area contributed by atoms with E-state index < -0.39 is 10.0 Å². The molecule has 0 radical (unpaired) electrons. The van der Waals surface area contributed by atoms with Crippen LogP contribution in [0.3, 0.4) is 0 Å². The number of aromatic nitrogens is 3. The van der Waals surface area contributed by atoms with Crippen LogP contribution in [0.5, 0.6) is 0 Å². The summed E-state index contributed by atoms with van der Waals surface area (Å²) in [5, 5.41) is 1.56. The number of H-pyrrole nitrogens is 1. The Balaban J connectivity index is 1.83. The van der Waals surface area contributed by atoms with Crippen LogP contribution >= 0.6 is 0 Å². The number of aromatic amines is 1. The summed E-state index contributed by atoms with van der Waals surface area (Å²) in [6.45, 7) is 3.89. The topological polar surface area (TPSA) is 80.2 Å². The lowest BCUT2D eigenvalue weighted by Gasteiger charge is -2.35. The lowest BCUT2D eigenvalue weighted by atomic mass is 10.0. The molecule has 1 N–H and O–H groups in total. The first-order chi connectivity index (χ1) is 14.3. The molecule has 0 amide bonds. The molecule has 3 aromatic heterocycles. The molecule has 1 aliphatic heterocycles. The van der Waals surface area contributed by atoms with Gasteiger partial charge < -0.3 is 14.6 Å². The summed E-state index contributed by atoms with van der Waals surface area (Å²) in [6, 6.07) is 8.52. The third kappa shape index (κ3) is 3.05. The monoisotopic (exact) mass is 428 g/mol. The molecule has 0 saturated carbocycles. The third-order valence-electron chi connectivity index (χ3n) is 5.55. The number of hydrogen-bond donors (Lipinski definition) is 1. The van der Waals surface area contributed by atoms with Crippen molar-refractivity contribution in [2.75, 3.05) is 30.9 Å². The van der Waals surface area contributed by atoms with E-state index in [1.807, 2.05) is 12.1 Å². The van der Waals surface area contributed by atoms with Crippen molar-refractivity contribution >= 4 is 37.6 Å². The van der Waals surface area contributed by atoms with Crippen molar-refractivity contribution < 1.29 is 17.5 Å². The van der Waals surface area contributed by atoms with Gasteiger partial charge in [-0.3, -0.25) is 0 Å². The van der Waals surface area contributed by atoms with Gasteiger partial charge in [-0.05, 0) is 37.3 Å². The molecule has 30 heavy (non-hydrogen) atoms. The van der Waals surface area contributed by atoms with Gasteiger partial charge in [0.25, 0.3) is 0 Å². The molecule has 1 aromatic carbocycles. The SMILES string of the molecule is C[C@@H]1COCCN1c1cc(-c2cc(F)cc3[nH]ccc23)nc2c1ccn2S(C)(=O)=O. The number of morpholine rings is 1. The summed E-state index contributed by atoms with van der Waals surface area (Å²) in [4.78, 5) is 9.89. The average molecular weight is 428 g/mol. The van der Waals surface area contributed by atoms with Crippen molar-refractivity contribution in [3.63, 3.8) is 0 Å². The van der Waals surface area contributed by atoms with E-state index in [2.05, 4.69) is 21.8 Å². The number of pyridine rings is 1. The molecule has 1 atom stereocenters. The minimum absolute atomic E-state index is 0.110. The Morgan fingerprint density at radius 1 is 1.23 bits per heavy atom. The lowest BCUT2D eigenvalue weighted by Crippen LogP contribution is -2.43. The second kappa shape index (κ2) is 6.82. The number of hydrogen-bond acceptors (Lipinski definition) is 5. The van der Waals surface area contributed by atoms with Crippen LogP contribution in [0.25, 0.3) is 33.2 Å². The van der Waals surface area contributed by atoms with Crippen molar-refractivity contribution in [2.45, 2.75) is 13.0 Å². The van der Waals surface area contributed by atoms with E-state index in [1.54, 1.807) is 12.3 Å². The number of ether oxygens (including phenoxy) is 1. The van der Waals surface area contributed by atoms with Gasteiger partial charge in [0.05, 0.1) is 30.9 Å². The largest absolute Gasteiger partial charge is 0.377 e. The standard InChI is InChI=1S/C21H21FN4O3S/c1-13-12-29-8-7-25(13)20-11-19(17-9-14(22)10-18-15(17)3-5-23-18)24-21-16(20)4-6-26(21)30(2,27)28/h3-6,9-11,13,23H,7-8,12H2,1-2H3/t13-/m1/s1. The summed E-state index contributed by atoms with van der Waals surface area (Å²) >= 11 is 0. The van der Waals surface area contributed by atoms with E-state index in [9.17, 15) is 12.8 Å². The summed E-state index contributed by atoms with van der Waals surface area (Å²) in [7, 11) is -3.56. The van der Waals surface area contributed by atoms with E-state index in [4.69, 9.17) is 4.74 Å². The van der Waals surface area contributed by atoms with E-state index in [-0.39, 0.29) is 11.9 Å². The lowest BCUT2D eigenvalue weighted by molar-refractivity contribution is 0.0991. The molecule has 0 bridgehead atoms. The first kappa shape index (κ1) is 19.1. The van der Waals surface area contributed by atoms with Gasteiger partial charge >= 0.3 is 0 Å². The maximum Gasteiger partial charge on any atom is 0.237 e. The molecule has 4 aromatic rings. The predicted octanol–water partition coefficient (Wildman–Crippen LogP) is 3.36. The fraction of sp³-hybridized carbons (Fsp3) is 0.286. The Morgan fingerprint density at radius 2 is 2.07 bits per heavy atom. The molecule has 0 unspecified atom stereocenters. The molecule has 1 saturated heterocycles. The minimum atomic E-state index is -3.56. The molecule has 0 spiro atoms. The molecule has 5 rings (SSSR count). The Bertz CT molecular complexity index is 1380. The van der Waals surface area contributed by atoms with Crippen LogP contribution < -0.4 is 4.90 Å². The van der Waals surface area contributed by atoms with Crippen molar-refractivity contribution in [2.24, 2.45) is 0 Å². The average Bonchev–Trinajstić information content (AvgIpc) is 3.33. The van der Waals surface area contributed by atoms with Gasteiger partial charge in [-0.15, -0.1) is 0 Å². The smallest absolute Gasteiger partial charge is 0.237 e. The van der Waals surface area contributed by atoms with Crippen LogP contribution in [0.4, 0.5) is 10.1 Å². The van der Waals surface area contributed by atoms with Gasteiger partial charge in [0.2, 0.25) is 10.0 Å². The van der Waals surface area contributed by atoms with Crippen LogP contribution in [0, 0.1) is 5.82 Å². The van der Waals surface area contributed by atoms with E-state index in [0.29, 0.717) is 42.2 Å². The zero-order chi connectivity index (χ0) is 21.0. The van der Waals surface area contributed by atoms with E-state index in [1.165, 1.54) is 22.3 Å². The number of rotatable bonds is 3. The van der Waals surface area contributed by atoms with Crippen LogP contribution in [0.15, 0.2) is 42.7 Å². The van der Waals surface area contributed by atoms with Crippen molar-refractivity contribution in [3.05, 3.63) is 48.5 Å². The zero-order valence-corrected chi connectivity index (χ0v) is 17.4. The zero-order valence-electron chi connectivity index (χ0n) is 16.6. The summed E-state index contributed by atoms with van der Waals surface area (Å²) in [5.74, 6) is -0.387. The predicted molar refractivity (Wildman–Crippen MR) is 115 cm³/mol. The van der Waals surface area contributed by atoms with E-state index >= 15 is 0 Å². The van der Waals surface area contributed by atoms with Gasteiger partial charge in [-0.1, -0.05) is 0 Å². The van der Waals surface area contributed by atoms with Crippen molar-refractivity contribution in [1.29, 1.82) is 0 Å². The number of nitrogens with one attached hydrogen (secondary N) is 1. The second-order valence-electron chi connectivity index (χ2n) is 7.65. The van der Waals surface area contributed by atoms with Crippen LogP contribution in [0.2, 0.25) is 0 Å². The Kier molecular flexibility index (Phi) is 4.33. The van der Waals surface area contributed by atoms with Gasteiger partial charge in [0.15, 0.2) is 5.65 Å². The first-order valence-corrected chi connectivity index (χ1v) is 11.5. The number of halogens is 1. The molecule has 1 aliphatic rings. The van der Waals surface area contributed by atoms with E-state index in [0.717, 1.165) is 22.7 Å². The molecule has 4 heterocycles. The van der Waals surface area contributed by atoms with Crippen LogP contribution in [-0.4, -0.2) is 54.4 Å². The number of anilines is 1. The van der Waals surface area contributed by atoms with Crippen LogP contribution in [-0.2, 0) is 14.8 Å². The third-order valence-corrected chi connectivity index (χ3v) is 6.56. The highest BCUT2D eigenvalue weighted by atomic mass is 32.2. The maximum absolute atomic E-state index is 14.3. The molecule has 1 fully saturated rings. The van der Waals surface area contributed by atoms with Crippen molar-refractivity contribution in [1.82, 2.24) is 13.9 Å². The first-order valence-electron chi connectivity index (χ1n) is 9.67.